The van der Waals surface area contributed by atoms with Gasteiger partial charge in [0.1, 0.15) is 5.82 Å². The van der Waals surface area contributed by atoms with Crippen LogP contribution in [-0.2, 0) is 4.79 Å². The van der Waals surface area contributed by atoms with E-state index in [0.717, 1.165) is 0 Å². The van der Waals surface area contributed by atoms with E-state index < -0.39 is 17.7 Å². The van der Waals surface area contributed by atoms with E-state index in [-0.39, 0.29) is 11.5 Å². The molecule has 16 heavy (non-hydrogen) atoms. The molecule has 0 spiro atoms. The van der Waals surface area contributed by atoms with Crippen LogP contribution in [0.2, 0.25) is 5.02 Å². The van der Waals surface area contributed by atoms with E-state index in [1.807, 2.05) is 0 Å². The summed E-state index contributed by atoms with van der Waals surface area (Å²) < 4.78 is 13.9. The van der Waals surface area contributed by atoms with Crippen molar-refractivity contribution < 1.29 is 14.3 Å². The molecule has 0 aliphatic rings. The second-order valence-corrected chi connectivity index (χ2v) is 4.54. The van der Waals surface area contributed by atoms with Crippen LogP contribution in [0.5, 0.6) is 0 Å². The van der Waals surface area contributed by atoms with Crippen LogP contribution in [0.25, 0.3) is 0 Å². The van der Waals surface area contributed by atoms with Crippen molar-refractivity contribution in [2.75, 3.05) is 0 Å². The fourth-order valence-electron chi connectivity index (χ4n) is 1.70. The Morgan fingerprint density at radius 2 is 2.00 bits per heavy atom. The number of rotatable bonds is 3. The van der Waals surface area contributed by atoms with Gasteiger partial charge in [-0.3, -0.25) is 4.79 Å². The first kappa shape index (κ1) is 13.0. The van der Waals surface area contributed by atoms with Gasteiger partial charge in [0.25, 0.3) is 0 Å². The quantitative estimate of drug-likeness (QED) is 0.882. The highest BCUT2D eigenvalue weighted by atomic mass is 35.5. The van der Waals surface area contributed by atoms with Crippen molar-refractivity contribution in [3.63, 3.8) is 0 Å². The lowest BCUT2D eigenvalue weighted by atomic mass is 9.87. The number of carboxylic acids is 1. The summed E-state index contributed by atoms with van der Waals surface area (Å²) in [7, 11) is 0. The van der Waals surface area contributed by atoms with E-state index in [2.05, 4.69) is 0 Å². The highest BCUT2D eigenvalue weighted by Gasteiger charge is 2.27. The second kappa shape index (κ2) is 4.83. The summed E-state index contributed by atoms with van der Waals surface area (Å²) in [6, 6.07) is 2.98. The third-order valence-electron chi connectivity index (χ3n) is 2.62. The molecule has 88 valence electrons. The Hall–Kier alpha value is -1.09. The third kappa shape index (κ3) is 2.35. The molecule has 0 aliphatic heterocycles. The minimum Gasteiger partial charge on any atom is -0.481 e. The zero-order chi connectivity index (χ0) is 12.5. The molecule has 1 unspecified atom stereocenters. The van der Waals surface area contributed by atoms with Gasteiger partial charge in [0, 0.05) is 16.1 Å². The summed E-state index contributed by atoms with van der Waals surface area (Å²) in [5, 5.41) is 9.40. The predicted molar refractivity (Wildman–Crippen MR) is 61.4 cm³/mol. The number of hydrogen-bond donors (Lipinski definition) is 1. The second-order valence-electron chi connectivity index (χ2n) is 4.14. The lowest BCUT2D eigenvalue weighted by Crippen LogP contribution is -2.19. The Kier molecular flexibility index (Phi) is 3.92. The number of carboxylic acid groups (broad SMARTS) is 1. The van der Waals surface area contributed by atoms with Crippen molar-refractivity contribution in [3.05, 3.63) is 34.1 Å². The number of carbonyl (C=O) groups is 1. The molecular weight excluding hydrogens is 231 g/mol. The van der Waals surface area contributed by atoms with Crippen LogP contribution in [0, 0.1) is 18.7 Å². The third-order valence-corrected chi connectivity index (χ3v) is 3.03. The largest absolute Gasteiger partial charge is 0.481 e. The molecule has 2 nitrogen and oxygen atoms in total. The van der Waals surface area contributed by atoms with Gasteiger partial charge >= 0.3 is 5.97 Å². The Morgan fingerprint density at radius 3 is 2.44 bits per heavy atom. The summed E-state index contributed by atoms with van der Waals surface area (Å²) >= 11 is 5.76. The van der Waals surface area contributed by atoms with Gasteiger partial charge in [-0.1, -0.05) is 31.5 Å². The van der Waals surface area contributed by atoms with Crippen molar-refractivity contribution >= 4 is 17.6 Å². The SMILES string of the molecule is Cc1c(Cl)ccc(C(C(=O)O)C(C)C)c1F. The molecule has 1 rings (SSSR count). The molecule has 0 saturated heterocycles. The van der Waals surface area contributed by atoms with Crippen LogP contribution in [0.15, 0.2) is 12.1 Å². The normalized spacial score (nSPS) is 12.9. The molecule has 0 amide bonds. The molecule has 0 fully saturated rings. The molecule has 1 atom stereocenters. The minimum atomic E-state index is -1.02. The summed E-state index contributed by atoms with van der Waals surface area (Å²) in [5.74, 6) is -2.55. The molecule has 1 N–H and O–H groups in total. The lowest BCUT2D eigenvalue weighted by Gasteiger charge is -2.18. The van der Waals surface area contributed by atoms with Gasteiger partial charge in [-0.25, -0.2) is 4.39 Å². The van der Waals surface area contributed by atoms with Crippen LogP contribution >= 0.6 is 11.6 Å². The standard InChI is InChI=1S/C12H14ClFO2/c1-6(2)10(12(15)16)8-4-5-9(13)7(3)11(8)14/h4-6,10H,1-3H3,(H,15,16). The van der Waals surface area contributed by atoms with Crippen molar-refractivity contribution in [2.24, 2.45) is 5.92 Å². The van der Waals surface area contributed by atoms with Crippen molar-refractivity contribution in [2.45, 2.75) is 26.7 Å². The lowest BCUT2D eigenvalue weighted by molar-refractivity contribution is -0.139. The van der Waals surface area contributed by atoms with E-state index >= 15 is 0 Å². The number of hydrogen-bond acceptors (Lipinski definition) is 1. The maximum atomic E-state index is 13.9. The van der Waals surface area contributed by atoms with Gasteiger partial charge in [-0.2, -0.15) is 0 Å². The zero-order valence-corrected chi connectivity index (χ0v) is 10.2. The molecule has 1 aromatic carbocycles. The molecule has 0 aromatic heterocycles. The Morgan fingerprint density at radius 1 is 1.44 bits per heavy atom. The summed E-state index contributed by atoms with van der Waals surface area (Å²) in [6.45, 7) is 5.05. The fraction of sp³-hybridized carbons (Fsp3) is 0.417. The number of benzene rings is 1. The number of halogens is 2. The van der Waals surface area contributed by atoms with Crippen LogP contribution < -0.4 is 0 Å². The maximum absolute atomic E-state index is 13.9. The van der Waals surface area contributed by atoms with Crippen LogP contribution in [0.1, 0.15) is 30.9 Å². The summed E-state index contributed by atoms with van der Waals surface area (Å²) in [5.41, 5.74) is 0.496. The Balaban J connectivity index is 3.31. The smallest absolute Gasteiger partial charge is 0.311 e. The van der Waals surface area contributed by atoms with Crippen molar-refractivity contribution in [1.82, 2.24) is 0 Å². The van der Waals surface area contributed by atoms with E-state index in [1.54, 1.807) is 20.8 Å². The van der Waals surface area contributed by atoms with Gasteiger partial charge in [0.2, 0.25) is 0 Å². The highest BCUT2D eigenvalue weighted by Crippen LogP contribution is 2.31. The first-order valence-electron chi connectivity index (χ1n) is 5.03. The molecule has 0 heterocycles. The van der Waals surface area contributed by atoms with Gasteiger partial charge in [0.05, 0.1) is 5.92 Å². The average Bonchev–Trinajstić information content (AvgIpc) is 2.17. The number of aliphatic carboxylic acids is 1. The summed E-state index contributed by atoms with van der Waals surface area (Å²) in [4.78, 5) is 11.1. The van der Waals surface area contributed by atoms with E-state index in [4.69, 9.17) is 16.7 Å². The Labute approximate surface area is 99.0 Å². The fourth-order valence-corrected chi connectivity index (χ4v) is 1.85. The Bertz CT molecular complexity index is 416. The predicted octanol–water partition coefficient (Wildman–Crippen LogP) is 3.61. The zero-order valence-electron chi connectivity index (χ0n) is 9.42. The average molecular weight is 245 g/mol. The van der Waals surface area contributed by atoms with E-state index in [0.29, 0.717) is 10.6 Å². The molecule has 1 aromatic rings. The molecular formula is C12H14ClFO2. The maximum Gasteiger partial charge on any atom is 0.311 e. The molecule has 0 aliphatic carbocycles. The van der Waals surface area contributed by atoms with Crippen LogP contribution in [0.4, 0.5) is 4.39 Å². The van der Waals surface area contributed by atoms with E-state index in [1.165, 1.54) is 12.1 Å². The van der Waals surface area contributed by atoms with Crippen LogP contribution in [-0.4, -0.2) is 11.1 Å². The summed E-state index contributed by atoms with van der Waals surface area (Å²) in [6.07, 6.45) is 0. The van der Waals surface area contributed by atoms with Gasteiger partial charge in [-0.05, 0) is 18.9 Å². The molecule has 4 heteroatoms. The first-order chi connectivity index (χ1) is 7.36. The van der Waals surface area contributed by atoms with Crippen LogP contribution in [0.3, 0.4) is 0 Å². The highest BCUT2D eigenvalue weighted by molar-refractivity contribution is 6.31. The molecule has 0 radical (unpaired) electrons. The monoisotopic (exact) mass is 244 g/mol. The van der Waals surface area contributed by atoms with Crippen molar-refractivity contribution in [3.8, 4) is 0 Å². The van der Waals surface area contributed by atoms with Gasteiger partial charge in [0.15, 0.2) is 0 Å². The topological polar surface area (TPSA) is 37.3 Å². The van der Waals surface area contributed by atoms with Crippen molar-refractivity contribution in [1.29, 1.82) is 0 Å². The minimum absolute atomic E-state index is 0.174. The van der Waals surface area contributed by atoms with Gasteiger partial charge < -0.3 is 5.11 Å². The first-order valence-corrected chi connectivity index (χ1v) is 5.41. The molecule has 0 bridgehead atoms. The molecule has 0 saturated carbocycles. The van der Waals surface area contributed by atoms with Gasteiger partial charge in [-0.15, -0.1) is 0 Å². The van der Waals surface area contributed by atoms with E-state index in [9.17, 15) is 9.18 Å².